The van der Waals surface area contributed by atoms with Crippen LogP contribution < -0.4 is 24.6 Å². The minimum Gasteiger partial charge on any atom is -0.493 e. The van der Waals surface area contributed by atoms with Crippen molar-refractivity contribution >= 4 is 34.8 Å². The molecule has 0 aromatic heterocycles. The number of nitrogens with zero attached hydrogens (tertiary/aromatic N) is 2. The fourth-order valence-electron chi connectivity index (χ4n) is 4.17. The molecule has 1 fully saturated rings. The molecule has 2 aliphatic rings. The zero-order valence-electron chi connectivity index (χ0n) is 17.8. The summed E-state index contributed by atoms with van der Waals surface area (Å²) in [4.78, 5) is 40.6. The van der Waals surface area contributed by atoms with Crippen molar-refractivity contribution in [3.05, 3.63) is 42.0 Å². The van der Waals surface area contributed by atoms with Crippen LogP contribution in [-0.2, 0) is 20.8 Å². The zero-order valence-corrected chi connectivity index (χ0v) is 17.8. The van der Waals surface area contributed by atoms with E-state index in [-0.39, 0.29) is 24.1 Å². The average Bonchev–Trinajstić information content (AvgIpc) is 3.36. The lowest BCUT2D eigenvalue weighted by molar-refractivity contribution is -0.122. The Morgan fingerprint density at radius 2 is 1.84 bits per heavy atom. The van der Waals surface area contributed by atoms with Crippen molar-refractivity contribution in [3.63, 3.8) is 0 Å². The summed E-state index contributed by atoms with van der Waals surface area (Å²) in [6.07, 6.45) is 0.907. The molecule has 8 heteroatoms. The lowest BCUT2D eigenvalue weighted by Gasteiger charge is -2.19. The van der Waals surface area contributed by atoms with Crippen LogP contribution in [0.15, 0.2) is 36.4 Å². The van der Waals surface area contributed by atoms with E-state index >= 15 is 0 Å². The van der Waals surface area contributed by atoms with E-state index < -0.39 is 5.92 Å². The van der Waals surface area contributed by atoms with Crippen molar-refractivity contribution < 1.29 is 23.9 Å². The number of carbonyl (C=O) groups excluding carboxylic acids is 3. The van der Waals surface area contributed by atoms with Crippen LogP contribution in [0.2, 0.25) is 0 Å². The number of nitrogens with one attached hydrogen (secondary N) is 1. The molecular formula is C23H25N3O5. The molecule has 0 radical (unpaired) electrons. The third-order valence-electron chi connectivity index (χ3n) is 5.80. The van der Waals surface area contributed by atoms with Gasteiger partial charge in [-0.25, -0.2) is 0 Å². The van der Waals surface area contributed by atoms with Crippen LogP contribution in [0, 0.1) is 5.92 Å². The molecule has 0 unspecified atom stereocenters. The number of amides is 3. The van der Waals surface area contributed by atoms with Crippen molar-refractivity contribution in [1.82, 2.24) is 0 Å². The van der Waals surface area contributed by atoms with Crippen LogP contribution in [0.3, 0.4) is 0 Å². The van der Waals surface area contributed by atoms with Crippen molar-refractivity contribution in [2.24, 2.45) is 5.92 Å². The standard InChI is InChI=1S/C23H25N3O5/c1-14(27)25-9-8-15-10-18(5-6-19(15)25)26-13-16(11-22(26)28)23(29)24-17-4-7-20(30-2)21(12-17)31-3/h4-7,10,12,16H,8-9,11,13H2,1-3H3,(H,24,29)/t16-/m1/s1. The van der Waals surface area contributed by atoms with Crippen LogP contribution in [-0.4, -0.2) is 45.0 Å². The molecule has 8 nitrogen and oxygen atoms in total. The molecule has 2 aromatic carbocycles. The summed E-state index contributed by atoms with van der Waals surface area (Å²) in [7, 11) is 3.08. The first kappa shape index (κ1) is 20.7. The Bertz CT molecular complexity index is 1050. The Kier molecular flexibility index (Phi) is 5.54. The summed E-state index contributed by atoms with van der Waals surface area (Å²) in [6.45, 7) is 2.51. The maximum Gasteiger partial charge on any atom is 0.229 e. The van der Waals surface area contributed by atoms with Crippen LogP contribution >= 0.6 is 0 Å². The monoisotopic (exact) mass is 423 g/mol. The minimum absolute atomic E-state index is 0.00986. The van der Waals surface area contributed by atoms with Gasteiger partial charge in [-0.15, -0.1) is 0 Å². The van der Waals surface area contributed by atoms with Gasteiger partial charge < -0.3 is 24.6 Å². The van der Waals surface area contributed by atoms with Crippen molar-refractivity contribution in [1.29, 1.82) is 0 Å². The van der Waals surface area contributed by atoms with Gasteiger partial charge in [0.05, 0.1) is 20.1 Å². The molecule has 0 bridgehead atoms. The summed E-state index contributed by atoms with van der Waals surface area (Å²) in [5.41, 5.74) is 3.27. The maximum absolute atomic E-state index is 12.8. The van der Waals surface area contributed by atoms with Gasteiger partial charge in [-0.3, -0.25) is 14.4 Å². The van der Waals surface area contributed by atoms with Gasteiger partial charge in [0.1, 0.15) is 0 Å². The topological polar surface area (TPSA) is 88.2 Å². The van der Waals surface area contributed by atoms with Gasteiger partial charge in [-0.05, 0) is 42.3 Å². The highest BCUT2D eigenvalue weighted by Gasteiger charge is 2.36. The van der Waals surface area contributed by atoms with Gasteiger partial charge >= 0.3 is 0 Å². The third-order valence-corrected chi connectivity index (χ3v) is 5.80. The average molecular weight is 423 g/mol. The van der Waals surface area contributed by atoms with E-state index in [4.69, 9.17) is 9.47 Å². The number of rotatable bonds is 5. The summed E-state index contributed by atoms with van der Waals surface area (Å²) in [6, 6.07) is 10.8. The normalized spacial score (nSPS) is 17.5. The molecule has 31 heavy (non-hydrogen) atoms. The summed E-state index contributed by atoms with van der Waals surface area (Å²) < 4.78 is 10.5. The summed E-state index contributed by atoms with van der Waals surface area (Å²) >= 11 is 0. The molecule has 1 atom stereocenters. The Hall–Kier alpha value is -3.55. The van der Waals surface area contributed by atoms with E-state index in [1.165, 1.54) is 7.11 Å². The highest BCUT2D eigenvalue weighted by atomic mass is 16.5. The molecule has 0 aliphatic carbocycles. The first-order valence-corrected chi connectivity index (χ1v) is 10.2. The number of benzene rings is 2. The summed E-state index contributed by atoms with van der Waals surface area (Å²) in [5, 5.41) is 2.86. The minimum atomic E-state index is -0.456. The van der Waals surface area contributed by atoms with Gasteiger partial charge in [0.15, 0.2) is 11.5 Å². The Morgan fingerprint density at radius 1 is 1.06 bits per heavy atom. The number of fused-ring (bicyclic) bond motifs is 1. The molecule has 0 spiro atoms. The second kappa shape index (κ2) is 8.29. The molecule has 2 aromatic rings. The molecular weight excluding hydrogens is 398 g/mol. The van der Waals surface area contributed by atoms with Crippen molar-refractivity contribution in [2.45, 2.75) is 19.8 Å². The third kappa shape index (κ3) is 3.93. The highest BCUT2D eigenvalue weighted by Crippen LogP contribution is 2.35. The molecule has 3 amide bonds. The number of hydrogen-bond acceptors (Lipinski definition) is 5. The lowest BCUT2D eigenvalue weighted by Crippen LogP contribution is -2.28. The van der Waals surface area contributed by atoms with Crippen LogP contribution in [0.1, 0.15) is 18.9 Å². The quantitative estimate of drug-likeness (QED) is 0.799. The van der Waals surface area contributed by atoms with E-state index in [0.29, 0.717) is 30.3 Å². The van der Waals surface area contributed by atoms with E-state index in [2.05, 4.69) is 5.32 Å². The van der Waals surface area contributed by atoms with Gasteiger partial charge in [-0.2, -0.15) is 0 Å². The predicted molar refractivity (Wildman–Crippen MR) is 117 cm³/mol. The number of ether oxygens (including phenoxy) is 2. The number of methoxy groups -OCH3 is 2. The van der Waals surface area contributed by atoms with Crippen LogP contribution in [0.5, 0.6) is 11.5 Å². The van der Waals surface area contributed by atoms with Gasteiger partial charge in [0.25, 0.3) is 0 Å². The fourth-order valence-corrected chi connectivity index (χ4v) is 4.17. The summed E-state index contributed by atoms with van der Waals surface area (Å²) in [5.74, 6) is 0.337. The SMILES string of the molecule is COc1ccc(NC(=O)[C@@H]2CC(=O)N(c3ccc4c(c3)CCN4C(C)=O)C2)cc1OC. The second-order valence-corrected chi connectivity index (χ2v) is 7.70. The smallest absolute Gasteiger partial charge is 0.229 e. The fraction of sp³-hybridized carbons (Fsp3) is 0.348. The molecule has 2 heterocycles. The molecule has 4 rings (SSSR count). The van der Waals surface area contributed by atoms with Gasteiger partial charge in [-0.1, -0.05) is 0 Å². The van der Waals surface area contributed by atoms with Crippen molar-refractivity contribution in [2.75, 3.05) is 42.4 Å². The molecule has 162 valence electrons. The zero-order chi connectivity index (χ0) is 22.1. The van der Waals surface area contributed by atoms with Gasteiger partial charge in [0, 0.05) is 49.6 Å². The predicted octanol–water partition coefficient (Wildman–Crippen LogP) is 2.60. The van der Waals surface area contributed by atoms with E-state index in [9.17, 15) is 14.4 Å². The lowest BCUT2D eigenvalue weighted by atomic mass is 10.1. The highest BCUT2D eigenvalue weighted by molar-refractivity contribution is 6.04. The first-order valence-electron chi connectivity index (χ1n) is 10.2. The Labute approximate surface area is 180 Å². The molecule has 2 aliphatic heterocycles. The molecule has 0 saturated carbocycles. The molecule has 1 saturated heterocycles. The van der Waals surface area contributed by atoms with Crippen molar-refractivity contribution in [3.8, 4) is 11.5 Å². The number of anilines is 3. The number of carbonyl (C=O) groups is 3. The van der Waals surface area contributed by atoms with E-state index in [1.807, 2.05) is 18.2 Å². The second-order valence-electron chi connectivity index (χ2n) is 7.70. The molecule has 1 N–H and O–H groups in total. The largest absolute Gasteiger partial charge is 0.493 e. The van der Waals surface area contributed by atoms with E-state index in [1.54, 1.807) is 42.0 Å². The van der Waals surface area contributed by atoms with Crippen LogP contribution in [0.25, 0.3) is 0 Å². The van der Waals surface area contributed by atoms with Crippen LogP contribution in [0.4, 0.5) is 17.1 Å². The Balaban J connectivity index is 1.46. The Morgan fingerprint density at radius 3 is 2.55 bits per heavy atom. The number of hydrogen-bond donors (Lipinski definition) is 1. The maximum atomic E-state index is 12.8. The van der Waals surface area contributed by atoms with Gasteiger partial charge in [0.2, 0.25) is 17.7 Å². The first-order chi connectivity index (χ1) is 14.9. The van der Waals surface area contributed by atoms with E-state index in [0.717, 1.165) is 23.4 Å².